The van der Waals surface area contributed by atoms with Crippen molar-refractivity contribution in [3.63, 3.8) is 0 Å². The highest BCUT2D eigenvalue weighted by atomic mass is 35.5. The summed E-state index contributed by atoms with van der Waals surface area (Å²) in [5.41, 5.74) is 0.404. The highest BCUT2D eigenvalue weighted by Gasteiger charge is 2.16. The van der Waals surface area contributed by atoms with Crippen LogP contribution in [0.2, 0.25) is 10.0 Å². The fourth-order valence-corrected chi connectivity index (χ4v) is 2.34. The van der Waals surface area contributed by atoms with Crippen LogP contribution < -0.4 is 10.6 Å². The van der Waals surface area contributed by atoms with E-state index in [0.29, 0.717) is 22.2 Å². The standard InChI is InChI=1S/C13H18Cl2N2O3/c1-8(7-20-2)17-13(19)16-6-11(18)12-9(14)4-3-5-10(12)15/h3-5,8,11,18H,6-7H2,1-2H3,(H2,16,17,19). The van der Waals surface area contributed by atoms with Crippen molar-refractivity contribution in [3.05, 3.63) is 33.8 Å². The fourth-order valence-electron chi connectivity index (χ4n) is 1.69. The zero-order valence-corrected chi connectivity index (χ0v) is 12.8. The first-order valence-corrected chi connectivity index (χ1v) is 6.86. The number of hydrogen-bond donors (Lipinski definition) is 3. The lowest BCUT2D eigenvalue weighted by Crippen LogP contribution is -2.43. The van der Waals surface area contributed by atoms with E-state index in [2.05, 4.69) is 10.6 Å². The number of nitrogens with one attached hydrogen (secondary N) is 2. The van der Waals surface area contributed by atoms with E-state index in [4.69, 9.17) is 27.9 Å². The molecule has 112 valence electrons. The Morgan fingerprint density at radius 2 is 2.00 bits per heavy atom. The lowest BCUT2D eigenvalue weighted by molar-refractivity contribution is 0.162. The monoisotopic (exact) mass is 320 g/mol. The van der Waals surface area contributed by atoms with Crippen LogP contribution in [0.15, 0.2) is 18.2 Å². The number of ether oxygens (including phenoxy) is 1. The summed E-state index contributed by atoms with van der Waals surface area (Å²) in [7, 11) is 1.55. The number of hydrogen-bond acceptors (Lipinski definition) is 3. The molecule has 0 bridgehead atoms. The summed E-state index contributed by atoms with van der Waals surface area (Å²) in [6.07, 6.45) is -0.973. The lowest BCUT2D eigenvalue weighted by atomic mass is 10.1. The summed E-state index contributed by atoms with van der Waals surface area (Å²) in [6.45, 7) is 2.23. The third-order valence-electron chi connectivity index (χ3n) is 2.58. The molecule has 2 atom stereocenters. The Hall–Kier alpha value is -1.01. The topological polar surface area (TPSA) is 70.6 Å². The van der Waals surface area contributed by atoms with Gasteiger partial charge in [0.1, 0.15) is 0 Å². The van der Waals surface area contributed by atoms with Gasteiger partial charge in [-0.25, -0.2) is 4.79 Å². The molecule has 0 aliphatic heterocycles. The van der Waals surface area contributed by atoms with Crippen LogP contribution in [0.1, 0.15) is 18.6 Å². The highest BCUT2D eigenvalue weighted by Crippen LogP contribution is 2.29. The molecule has 2 unspecified atom stereocenters. The molecule has 0 heterocycles. The summed E-state index contributed by atoms with van der Waals surface area (Å²) in [4.78, 5) is 11.6. The summed E-state index contributed by atoms with van der Waals surface area (Å²) < 4.78 is 4.90. The van der Waals surface area contributed by atoms with E-state index in [9.17, 15) is 9.90 Å². The Balaban J connectivity index is 2.51. The predicted octanol–water partition coefficient (Wildman–Crippen LogP) is 2.36. The fraction of sp³-hybridized carbons (Fsp3) is 0.462. The van der Waals surface area contributed by atoms with Crippen molar-refractivity contribution in [2.45, 2.75) is 19.1 Å². The highest BCUT2D eigenvalue weighted by molar-refractivity contribution is 6.36. The van der Waals surface area contributed by atoms with Crippen LogP contribution in [0, 0.1) is 0 Å². The van der Waals surface area contributed by atoms with Gasteiger partial charge < -0.3 is 20.5 Å². The average molecular weight is 321 g/mol. The minimum atomic E-state index is -0.973. The number of aliphatic hydroxyl groups is 1. The predicted molar refractivity (Wildman–Crippen MR) is 79.3 cm³/mol. The second-order valence-corrected chi connectivity index (χ2v) is 5.18. The molecule has 5 nitrogen and oxygen atoms in total. The van der Waals surface area contributed by atoms with E-state index >= 15 is 0 Å². The van der Waals surface area contributed by atoms with E-state index in [1.54, 1.807) is 25.3 Å². The van der Waals surface area contributed by atoms with Crippen LogP contribution in [-0.4, -0.2) is 37.4 Å². The van der Waals surface area contributed by atoms with Gasteiger partial charge in [0.05, 0.1) is 18.8 Å². The maximum absolute atomic E-state index is 11.6. The molecule has 20 heavy (non-hydrogen) atoms. The van der Waals surface area contributed by atoms with Crippen molar-refractivity contribution in [2.24, 2.45) is 0 Å². The minimum absolute atomic E-state index is 0.00892. The molecule has 0 radical (unpaired) electrons. The Labute approximate surface area is 128 Å². The van der Waals surface area contributed by atoms with Crippen molar-refractivity contribution in [3.8, 4) is 0 Å². The van der Waals surface area contributed by atoms with Gasteiger partial charge in [0, 0.05) is 29.3 Å². The van der Waals surface area contributed by atoms with Crippen molar-refractivity contribution in [1.29, 1.82) is 0 Å². The van der Waals surface area contributed by atoms with Gasteiger partial charge in [0.2, 0.25) is 0 Å². The Kier molecular flexibility index (Phi) is 7.09. The molecule has 1 aromatic carbocycles. The van der Waals surface area contributed by atoms with Gasteiger partial charge in [0.15, 0.2) is 0 Å². The van der Waals surface area contributed by atoms with E-state index in [0.717, 1.165) is 0 Å². The Bertz CT molecular complexity index is 437. The van der Waals surface area contributed by atoms with Crippen LogP contribution >= 0.6 is 23.2 Å². The van der Waals surface area contributed by atoms with E-state index in [1.165, 1.54) is 0 Å². The van der Waals surface area contributed by atoms with Crippen molar-refractivity contribution in [1.82, 2.24) is 10.6 Å². The second kappa shape index (κ2) is 8.32. The largest absolute Gasteiger partial charge is 0.386 e. The van der Waals surface area contributed by atoms with Crippen LogP contribution in [-0.2, 0) is 4.74 Å². The van der Waals surface area contributed by atoms with Crippen molar-refractivity contribution < 1.29 is 14.6 Å². The second-order valence-electron chi connectivity index (χ2n) is 4.36. The molecule has 0 aromatic heterocycles. The van der Waals surface area contributed by atoms with Crippen LogP contribution in [0.4, 0.5) is 4.79 Å². The van der Waals surface area contributed by atoms with Gasteiger partial charge in [-0.05, 0) is 19.1 Å². The Morgan fingerprint density at radius 1 is 1.40 bits per heavy atom. The molecule has 0 saturated heterocycles. The number of carbonyl (C=O) groups is 1. The number of halogens is 2. The summed E-state index contributed by atoms with van der Waals surface area (Å²) in [5.74, 6) is 0. The van der Waals surface area contributed by atoms with Gasteiger partial charge in [0.25, 0.3) is 0 Å². The third kappa shape index (κ3) is 5.17. The summed E-state index contributed by atoms with van der Waals surface area (Å²) in [6, 6.07) is 4.44. The van der Waals surface area contributed by atoms with E-state index < -0.39 is 12.1 Å². The number of amides is 2. The first kappa shape index (κ1) is 17.0. The van der Waals surface area contributed by atoms with Crippen molar-refractivity contribution in [2.75, 3.05) is 20.3 Å². The minimum Gasteiger partial charge on any atom is -0.386 e. The number of benzene rings is 1. The third-order valence-corrected chi connectivity index (χ3v) is 3.24. The average Bonchev–Trinajstić information content (AvgIpc) is 2.36. The zero-order chi connectivity index (χ0) is 15.1. The smallest absolute Gasteiger partial charge is 0.315 e. The van der Waals surface area contributed by atoms with Gasteiger partial charge in [-0.3, -0.25) is 0 Å². The quantitative estimate of drug-likeness (QED) is 0.753. The van der Waals surface area contributed by atoms with E-state index in [1.807, 2.05) is 6.92 Å². The van der Waals surface area contributed by atoms with Crippen molar-refractivity contribution >= 4 is 29.2 Å². The lowest BCUT2D eigenvalue weighted by Gasteiger charge is -2.17. The maximum Gasteiger partial charge on any atom is 0.315 e. The molecule has 7 heteroatoms. The molecular formula is C13H18Cl2N2O3. The SMILES string of the molecule is COCC(C)NC(=O)NCC(O)c1c(Cl)cccc1Cl. The number of carbonyl (C=O) groups excluding carboxylic acids is 1. The molecule has 0 aliphatic carbocycles. The molecule has 1 aromatic rings. The normalized spacial score (nSPS) is 13.7. The molecule has 2 amide bonds. The molecule has 3 N–H and O–H groups in total. The maximum atomic E-state index is 11.6. The Morgan fingerprint density at radius 3 is 2.55 bits per heavy atom. The summed E-state index contributed by atoms with van der Waals surface area (Å²) in [5, 5.41) is 16.0. The number of urea groups is 1. The van der Waals surface area contributed by atoms with E-state index in [-0.39, 0.29) is 12.6 Å². The van der Waals surface area contributed by atoms with Crippen LogP contribution in [0.5, 0.6) is 0 Å². The zero-order valence-electron chi connectivity index (χ0n) is 11.3. The summed E-state index contributed by atoms with van der Waals surface area (Å²) >= 11 is 12.0. The first-order chi connectivity index (χ1) is 9.45. The molecule has 1 rings (SSSR count). The molecule has 0 spiro atoms. The molecule has 0 fully saturated rings. The number of aliphatic hydroxyl groups excluding tert-OH is 1. The first-order valence-electron chi connectivity index (χ1n) is 6.11. The van der Waals surface area contributed by atoms with Gasteiger partial charge in [-0.15, -0.1) is 0 Å². The molecular weight excluding hydrogens is 303 g/mol. The van der Waals surface area contributed by atoms with Gasteiger partial charge >= 0.3 is 6.03 Å². The van der Waals surface area contributed by atoms with Gasteiger partial charge in [-0.1, -0.05) is 29.3 Å². The van der Waals surface area contributed by atoms with Crippen LogP contribution in [0.25, 0.3) is 0 Å². The van der Waals surface area contributed by atoms with Gasteiger partial charge in [-0.2, -0.15) is 0 Å². The number of methoxy groups -OCH3 is 1. The van der Waals surface area contributed by atoms with Crippen LogP contribution in [0.3, 0.4) is 0 Å². The number of rotatable bonds is 6. The molecule has 0 aliphatic rings. The molecule has 0 saturated carbocycles.